The number of allylic oxidation sites excluding steroid dienone is 16. The Morgan fingerprint density at radius 1 is 0.438 bits per heavy atom. The number of likely N-dealkylation sites (N-methyl/N-ethyl adjacent to an activating group) is 1. The van der Waals surface area contributed by atoms with Crippen molar-refractivity contribution in [3.63, 3.8) is 0 Å². The molecule has 9 heteroatoms. The van der Waals surface area contributed by atoms with E-state index in [0.717, 1.165) is 96.3 Å². The molecule has 1 amide bonds. The van der Waals surface area contributed by atoms with Gasteiger partial charge < -0.3 is 19.8 Å². The molecule has 464 valence electrons. The number of amides is 1. The van der Waals surface area contributed by atoms with Gasteiger partial charge in [0.15, 0.2) is 0 Å². The van der Waals surface area contributed by atoms with Crippen LogP contribution < -0.4 is 5.32 Å². The van der Waals surface area contributed by atoms with E-state index in [2.05, 4.69) is 116 Å². The molecular weight excluding hydrogens is 1010 g/mol. The summed E-state index contributed by atoms with van der Waals surface area (Å²) in [4.78, 5) is 23.4. The highest BCUT2D eigenvalue weighted by Gasteiger charge is 2.28. The van der Waals surface area contributed by atoms with Crippen molar-refractivity contribution in [2.45, 2.75) is 309 Å². The van der Waals surface area contributed by atoms with Gasteiger partial charge in [-0.15, -0.1) is 0 Å². The van der Waals surface area contributed by atoms with Crippen molar-refractivity contribution in [3.8, 4) is 0 Å². The third-order valence-electron chi connectivity index (χ3n) is 14.8. The molecule has 3 atom stereocenters. The van der Waals surface area contributed by atoms with Gasteiger partial charge >= 0.3 is 7.82 Å². The summed E-state index contributed by atoms with van der Waals surface area (Å²) in [5.74, 6) is -0.153. The number of quaternary nitrogens is 1. The number of aliphatic hydroxyl groups excluding tert-OH is 1. The van der Waals surface area contributed by atoms with E-state index >= 15 is 0 Å². The van der Waals surface area contributed by atoms with Crippen LogP contribution in [0.3, 0.4) is 0 Å². The monoisotopic (exact) mass is 1140 g/mol. The first-order chi connectivity index (χ1) is 39.0. The maximum atomic E-state index is 13.1. The van der Waals surface area contributed by atoms with Crippen LogP contribution in [0.1, 0.15) is 296 Å². The van der Waals surface area contributed by atoms with E-state index < -0.39 is 20.0 Å². The van der Waals surface area contributed by atoms with E-state index in [-0.39, 0.29) is 19.1 Å². The first-order valence-corrected chi connectivity index (χ1v) is 35.1. The second-order valence-corrected chi connectivity index (χ2v) is 25.3. The van der Waals surface area contributed by atoms with Gasteiger partial charge in [0, 0.05) is 6.42 Å². The zero-order chi connectivity index (χ0) is 58.4. The third-order valence-corrected chi connectivity index (χ3v) is 15.8. The van der Waals surface area contributed by atoms with Gasteiger partial charge in [-0.3, -0.25) is 13.8 Å². The van der Waals surface area contributed by atoms with Crippen LogP contribution in [-0.4, -0.2) is 73.4 Å². The lowest BCUT2D eigenvalue weighted by atomic mass is 10.0. The van der Waals surface area contributed by atoms with E-state index in [1.54, 1.807) is 0 Å². The summed E-state index contributed by atoms with van der Waals surface area (Å²) in [7, 11) is 1.61. The Kier molecular flexibility index (Phi) is 59.0. The van der Waals surface area contributed by atoms with Crippen LogP contribution in [0.4, 0.5) is 0 Å². The number of nitrogens with one attached hydrogen (secondary N) is 1. The van der Waals surface area contributed by atoms with Crippen LogP contribution in [0.15, 0.2) is 97.2 Å². The molecular formula is C71H130N2O6P+. The first-order valence-electron chi connectivity index (χ1n) is 33.6. The Morgan fingerprint density at radius 3 is 1.10 bits per heavy atom. The number of carbonyl (C=O) groups excluding carboxylic acids is 1. The Morgan fingerprint density at radius 2 is 0.750 bits per heavy atom. The summed E-state index contributed by atoms with van der Waals surface area (Å²) in [5.41, 5.74) is 0. The van der Waals surface area contributed by atoms with Gasteiger partial charge in [0.05, 0.1) is 39.9 Å². The van der Waals surface area contributed by atoms with E-state index in [1.807, 2.05) is 21.1 Å². The van der Waals surface area contributed by atoms with Crippen molar-refractivity contribution in [1.82, 2.24) is 5.32 Å². The molecule has 0 bridgehead atoms. The first kappa shape index (κ1) is 77.4. The summed E-state index contributed by atoms with van der Waals surface area (Å²) in [6.45, 7) is 4.79. The number of carbonyl (C=O) groups is 1. The van der Waals surface area contributed by atoms with Gasteiger partial charge in [0.25, 0.3) is 0 Å². The highest BCUT2D eigenvalue weighted by molar-refractivity contribution is 7.47. The second kappa shape index (κ2) is 61.0. The molecule has 0 fully saturated rings. The van der Waals surface area contributed by atoms with Crippen LogP contribution >= 0.6 is 7.82 Å². The van der Waals surface area contributed by atoms with Gasteiger partial charge in [-0.05, 0) is 77.0 Å². The topological polar surface area (TPSA) is 105 Å². The molecule has 3 unspecified atom stereocenters. The highest BCUT2D eigenvalue weighted by Crippen LogP contribution is 2.43. The molecule has 0 aromatic rings. The molecule has 0 saturated carbocycles. The van der Waals surface area contributed by atoms with Gasteiger partial charge in [-0.2, -0.15) is 0 Å². The minimum Gasteiger partial charge on any atom is -0.391 e. The molecule has 0 heterocycles. The summed E-state index contributed by atoms with van der Waals surface area (Å²) >= 11 is 0. The molecule has 3 N–H and O–H groups in total. The van der Waals surface area contributed by atoms with Gasteiger partial charge in [0.2, 0.25) is 5.91 Å². The maximum Gasteiger partial charge on any atom is 0.472 e. The highest BCUT2D eigenvalue weighted by atomic mass is 31.2. The largest absolute Gasteiger partial charge is 0.472 e. The summed E-state index contributed by atoms with van der Waals surface area (Å²) in [6, 6.07) is -0.773. The molecule has 0 aromatic heterocycles. The van der Waals surface area contributed by atoms with E-state index in [9.17, 15) is 19.4 Å². The van der Waals surface area contributed by atoms with E-state index in [4.69, 9.17) is 9.05 Å². The summed E-state index contributed by atoms with van der Waals surface area (Å²) in [5, 5.41) is 14.1. The maximum absolute atomic E-state index is 13.1. The number of phosphoric ester groups is 1. The van der Waals surface area contributed by atoms with Gasteiger partial charge in [-0.1, -0.05) is 310 Å². The summed E-state index contributed by atoms with van der Waals surface area (Å²) < 4.78 is 23.9. The number of hydrogen-bond donors (Lipinski definition) is 3. The van der Waals surface area contributed by atoms with Crippen LogP contribution in [0.25, 0.3) is 0 Å². The third kappa shape index (κ3) is 63.0. The van der Waals surface area contributed by atoms with E-state index in [0.29, 0.717) is 23.9 Å². The number of aliphatic hydroxyl groups is 1. The van der Waals surface area contributed by atoms with Crippen molar-refractivity contribution < 1.29 is 32.9 Å². The number of phosphoric acid groups is 1. The molecule has 8 nitrogen and oxygen atoms in total. The lowest BCUT2D eigenvalue weighted by molar-refractivity contribution is -0.870. The zero-order valence-electron chi connectivity index (χ0n) is 53.0. The fourth-order valence-corrected chi connectivity index (χ4v) is 10.4. The predicted molar refractivity (Wildman–Crippen MR) is 350 cm³/mol. The zero-order valence-corrected chi connectivity index (χ0v) is 53.9. The molecule has 80 heavy (non-hydrogen) atoms. The SMILES string of the molecule is CC/C=C\C/C=C\C/C=C\C/C=C\C/C=C\C/C=C\C/C=C\C/C=C\CCCCCCCCCCC(=O)NC(COP(=O)(O)OCC[N+](C)(C)C)C(O)CCCCCCCCCCCCCCCCCCCCCCCCCCC. The number of hydrogen-bond acceptors (Lipinski definition) is 5. The Bertz CT molecular complexity index is 1620. The summed E-state index contributed by atoms with van der Waals surface area (Å²) in [6.07, 6.45) is 87.7. The fraction of sp³-hybridized carbons (Fsp3) is 0.761. The Hall–Kier alpha value is -2.58. The molecule has 0 saturated heterocycles. The number of rotatable bonds is 61. The average Bonchev–Trinajstić information content (AvgIpc) is 3.42. The number of unbranched alkanes of at least 4 members (excludes halogenated alkanes) is 32. The normalized spacial score (nSPS) is 14.3. The minimum atomic E-state index is -4.34. The fourth-order valence-electron chi connectivity index (χ4n) is 9.65. The van der Waals surface area contributed by atoms with Crippen molar-refractivity contribution in [1.29, 1.82) is 0 Å². The smallest absolute Gasteiger partial charge is 0.391 e. The van der Waals surface area contributed by atoms with Crippen molar-refractivity contribution >= 4 is 13.7 Å². The van der Waals surface area contributed by atoms with Crippen LogP contribution in [0.2, 0.25) is 0 Å². The average molecular weight is 1140 g/mol. The minimum absolute atomic E-state index is 0.0690. The molecule has 0 aliphatic carbocycles. The van der Waals surface area contributed by atoms with Crippen molar-refractivity contribution in [2.24, 2.45) is 0 Å². The Balaban J connectivity index is 4.13. The molecule has 0 aromatic carbocycles. The van der Waals surface area contributed by atoms with Crippen LogP contribution in [0, 0.1) is 0 Å². The van der Waals surface area contributed by atoms with Crippen molar-refractivity contribution in [3.05, 3.63) is 97.2 Å². The lowest BCUT2D eigenvalue weighted by Gasteiger charge is -2.26. The molecule has 0 radical (unpaired) electrons. The Labute approximate surface area is 496 Å². The van der Waals surface area contributed by atoms with Crippen molar-refractivity contribution in [2.75, 3.05) is 40.9 Å². The van der Waals surface area contributed by atoms with Gasteiger partial charge in [0.1, 0.15) is 13.2 Å². The van der Waals surface area contributed by atoms with E-state index in [1.165, 1.54) is 173 Å². The van der Waals surface area contributed by atoms with Gasteiger partial charge in [-0.25, -0.2) is 4.57 Å². The molecule has 0 aliphatic rings. The standard InChI is InChI=1S/C71H129N2O6P/c1-6-8-10-12-14-16-18-20-22-24-26-28-30-32-33-34-35-36-37-38-39-41-43-45-47-49-51-53-55-57-59-61-63-65-71(75)72-69(68-79-80(76,77)78-67-66-73(3,4)5)70(74)64-62-60-58-56-54-52-50-48-46-44-42-40-31-29-27-25-23-21-19-17-15-13-11-9-7-2/h8,10,14,16,20,22,26,28,32-33,35-36,38-39,43,45,69-70,74H,6-7,9,11-13,15,17-19,21,23-25,27,29-31,34,37,40-42,44,46-68H2,1-5H3,(H-,72,75,76,77)/p+1/b10-8-,16-14-,22-20-,28-26-,33-32-,36-35-,39-38-,45-43-. The van der Waals surface area contributed by atoms with Crippen LogP contribution in [-0.2, 0) is 18.4 Å². The quantitative estimate of drug-likeness (QED) is 0.0243. The lowest BCUT2D eigenvalue weighted by Crippen LogP contribution is -2.46. The molecule has 0 aliphatic heterocycles. The predicted octanol–water partition coefficient (Wildman–Crippen LogP) is 21.3. The molecule has 0 spiro atoms. The number of nitrogens with zero attached hydrogens (tertiary/aromatic N) is 1. The second-order valence-electron chi connectivity index (χ2n) is 23.8. The van der Waals surface area contributed by atoms with Crippen LogP contribution in [0.5, 0.6) is 0 Å². The molecule has 0 rings (SSSR count).